The fourth-order valence-electron chi connectivity index (χ4n) is 1.44. The number of esters is 1. The molecule has 1 aromatic heterocycles. The summed E-state index contributed by atoms with van der Waals surface area (Å²) in [5, 5.41) is 4.94. The molecule has 0 radical (unpaired) electrons. The Bertz CT molecular complexity index is 457. The number of ether oxygens (including phenoxy) is 1. The Labute approximate surface area is 116 Å². The van der Waals surface area contributed by atoms with E-state index in [1.165, 1.54) is 18.4 Å². The van der Waals surface area contributed by atoms with Gasteiger partial charge in [0.2, 0.25) is 0 Å². The lowest BCUT2D eigenvalue weighted by Crippen LogP contribution is -2.45. The predicted molar refractivity (Wildman–Crippen MR) is 72.8 cm³/mol. The van der Waals surface area contributed by atoms with Gasteiger partial charge in [0.05, 0.1) is 13.2 Å². The topological polar surface area (TPSA) is 94.3 Å². The van der Waals surface area contributed by atoms with E-state index in [-0.39, 0.29) is 17.7 Å². The zero-order chi connectivity index (χ0) is 14.6. The van der Waals surface area contributed by atoms with Crippen molar-refractivity contribution in [2.45, 2.75) is 32.9 Å². The first-order valence-electron chi connectivity index (χ1n) is 5.96. The first-order chi connectivity index (χ1) is 8.86. The van der Waals surface area contributed by atoms with Crippen molar-refractivity contribution < 1.29 is 14.3 Å². The molecule has 6 nitrogen and oxygen atoms in total. The molecule has 0 aromatic carbocycles. The van der Waals surface area contributed by atoms with E-state index in [2.05, 4.69) is 15.0 Å². The molecule has 1 unspecified atom stereocenters. The van der Waals surface area contributed by atoms with Crippen molar-refractivity contribution in [3.63, 3.8) is 0 Å². The minimum Gasteiger partial charge on any atom is -0.467 e. The van der Waals surface area contributed by atoms with Crippen LogP contribution >= 0.6 is 11.3 Å². The molecule has 0 fully saturated rings. The lowest BCUT2D eigenvalue weighted by molar-refractivity contribution is -0.144. The van der Waals surface area contributed by atoms with E-state index in [0.717, 1.165) is 0 Å². The molecule has 1 aromatic rings. The van der Waals surface area contributed by atoms with Crippen LogP contribution < -0.4 is 11.1 Å². The highest BCUT2D eigenvalue weighted by Crippen LogP contribution is 2.16. The Hall–Kier alpha value is -1.47. The Morgan fingerprint density at radius 2 is 2.05 bits per heavy atom. The number of nitrogens with one attached hydrogen (secondary N) is 1. The Kier molecular flexibility index (Phi) is 5.44. The summed E-state index contributed by atoms with van der Waals surface area (Å²) in [4.78, 5) is 27.7. The van der Waals surface area contributed by atoms with Gasteiger partial charge < -0.3 is 15.8 Å². The molecule has 1 rings (SSSR count). The number of hydrogen-bond acceptors (Lipinski definition) is 6. The Balaban J connectivity index is 2.79. The molecule has 0 aliphatic heterocycles. The van der Waals surface area contributed by atoms with Gasteiger partial charge in [-0.1, -0.05) is 13.8 Å². The van der Waals surface area contributed by atoms with Crippen molar-refractivity contribution in [1.29, 1.82) is 0 Å². The molecular formula is C12H19N3O3S. The zero-order valence-corrected chi connectivity index (χ0v) is 12.3. The van der Waals surface area contributed by atoms with Crippen LogP contribution in [0.4, 0.5) is 0 Å². The molecule has 0 aliphatic rings. The zero-order valence-electron chi connectivity index (χ0n) is 11.5. The van der Waals surface area contributed by atoms with Crippen LogP contribution in [0, 0.1) is 5.92 Å². The summed E-state index contributed by atoms with van der Waals surface area (Å²) >= 11 is 1.32. The smallest absolute Gasteiger partial charge is 0.328 e. The van der Waals surface area contributed by atoms with E-state index in [1.807, 2.05) is 13.8 Å². The summed E-state index contributed by atoms with van der Waals surface area (Å²) < 4.78 is 4.66. The molecule has 3 N–H and O–H groups in total. The van der Waals surface area contributed by atoms with Crippen LogP contribution in [0.3, 0.4) is 0 Å². The van der Waals surface area contributed by atoms with Gasteiger partial charge >= 0.3 is 5.97 Å². The SMILES string of the molecule is COC(=O)[C@@H](NC(=O)c1csc(C(C)N)n1)C(C)C. The van der Waals surface area contributed by atoms with Gasteiger partial charge in [0.15, 0.2) is 0 Å². The summed E-state index contributed by atoms with van der Waals surface area (Å²) in [5.41, 5.74) is 5.96. The van der Waals surface area contributed by atoms with Crippen LogP contribution in [0.5, 0.6) is 0 Å². The van der Waals surface area contributed by atoms with E-state index in [0.29, 0.717) is 5.01 Å². The number of carbonyl (C=O) groups is 2. The highest BCUT2D eigenvalue weighted by Gasteiger charge is 2.26. The maximum atomic E-state index is 12.0. The average molecular weight is 285 g/mol. The maximum absolute atomic E-state index is 12.0. The number of nitrogens with two attached hydrogens (primary N) is 1. The molecule has 0 saturated heterocycles. The predicted octanol–water partition coefficient (Wildman–Crippen LogP) is 1.09. The van der Waals surface area contributed by atoms with Gasteiger partial charge in [-0.05, 0) is 12.8 Å². The van der Waals surface area contributed by atoms with E-state index < -0.39 is 17.9 Å². The Morgan fingerprint density at radius 1 is 1.42 bits per heavy atom. The number of aromatic nitrogens is 1. The standard InChI is InChI=1S/C12H19N3O3S/c1-6(2)9(12(17)18-4)15-10(16)8-5-19-11(14-8)7(3)13/h5-7,9H,13H2,1-4H3,(H,15,16)/t7?,9-/m0/s1. The largest absolute Gasteiger partial charge is 0.467 e. The second kappa shape index (κ2) is 6.63. The molecule has 7 heteroatoms. The number of thiazole rings is 1. The number of methoxy groups -OCH3 is 1. The highest BCUT2D eigenvalue weighted by atomic mass is 32.1. The van der Waals surface area contributed by atoms with Crippen LogP contribution in [0.1, 0.15) is 42.3 Å². The molecular weight excluding hydrogens is 266 g/mol. The summed E-state index contributed by atoms with van der Waals surface area (Å²) in [5.74, 6) is -0.929. The van der Waals surface area contributed by atoms with E-state index >= 15 is 0 Å². The van der Waals surface area contributed by atoms with Gasteiger partial charge in [-0.2, -0.15) is 0 Å². The minimum atomic E-state index is -0.682. The van der Waals surface area contributed by atoms with E-state index in [9.17, 15) is 9.59 Å². The van der Waals surface area contributed by atoms with Crippen molar-refractivity contribution in [1.82, 2.24) is 10.3 Å². The number of carbonyl (C=O) groups excluding carboxylic acids is 2. The fourth-order valence-corrected chi connectivity index (χ4v) is 2.20. The van der Waals surface area contributed by atoms with Crippen LogP contribution in [0.25, 0.3) is 0 Å². The number of rotatable bonds is 5. The van der Waals surface area contributed by atoms with Crippen LogP contribution in [-0.4, -0.2) is 30.0 Å². The molecule has 1 heterocycles. The lowest BCUT2D eigenvalue weighted by atomic mass is 10.0. The molecule has 1 amide bonds. The van der Waals surface area contributed by atoms with Crippen molar-refractivity contribution in [2.75, 3.05) is 7.11 Å². The normalized spacial score (nSPS) is 14.0. The first-order valence-corrected chi connectivity index (χ1v) is 6.84. The summed E-state index contributed by atoms with van der Waals surface area (Å²) in [6.45, 7) is 5.46. The van der Waals surface area contributed by atoms with Crippen molar-refractivity contribution in [2.24, 2.45) is 11.7 Å². The molecule has 0 spiro atoms. The summed E-state index contributed by atoms with van der Waals surface area (Å²) in [6.07, 6.45) is 0. The molecule has 106 valence electrons. The van der Waals surface area contributed by atoms with Crippen molar-refractivity contribution >= 4 is 23.2 Å². The third-order valence-corrected chi connectivity index (χ3v) is 3.60. The van der Waals surface area contributed by atoms with Gasteiger partial charge in [-0.3, -0.25) is 4.79 Å². The van der Waals surface area contributed by atoms with Gasteiger partial charge in [-0.15, -0.1) is 11.3 Å². The number of nitrogens with zero attached hydrogens (tertiary/aromatic N) is 1. The average Bonchev–Trinajstić information content (AvgIpc) is 2.84. The minimum absolute atomic E-state index is 0.0667. The molecule has 19 heavy (non-hydrogen) atoms. The summed E-state index contributed by atoms with van der Waals surface area (Å²) in [6, 6.07) is -0.897. The van der Waals surface area contributed by atoms with E-state index in [4.69, 9.17) is 5.73 Å². The third-order valence-electron chi connectivity index (χ3n) is 2.55. The number of hydrogen-bond donors (Lipinski definition) is 2. The van der Waals surface area contributed by atoms with Gasteiger partial charge in [-0.25, -0.2) is 9.78 Å². The van der Waals surface area contributed by atoms with Crippen LogP contribution in [0.15, 0.2) is 5.38 Å². The Morgan fingerprint density at radius 3 is 2.47 bits per heavy atom. The third kappa shape index (κ3) is 4.00. The van der Waals surface area contributed by atoms with E-state index in [1.54, 1.807) is 12.3 Å². The quantitative estimate of drug-likeness (QED) is 0.790. The molecule has 0 saturated carbocycles. The van der Waals surface area contributed by atoms with Crippen LogP contribution in [-0.2, 0) is 9.53 Å². The molecule has 0 aliphatic carbocycles. The second-order valence-electron chi connectivity index (χ2n) is 4.58. The van der Waals surface area contributed by atoms with Gasteiger partial charge in [0.1, 0.15) is 16.7 Å². The monoisotopic (exact) mass is 285 g/mol. The van der Waals surface area contributed by atoms with Crippen molar-refractivity contribution in [3.05, 3.63) is 16.1 Å². The fraction of sp³-hybridized carbons (Fsp3) is 0.583. The number of amides is 1. The lowest BCUT2D eigenvalue weighted by Gasteiger charge is -2.19. The molecule has 2 atom stereocenters. The van der Waals surface area contributed by atoms with Crippen LogP contribution in [0.2, 0.25) is 0 Å². The maximum Gasteiger partial charge on any atom is 0.328 e. The highest BCUT2D eigenvalue weighted by molar-refractivity contribution is 7.09. The second-order valence-corrected chi connectivity index (χ2v) is 5.47. The van der Waals surface area contributed by atoms with Gasteiger partial charge in [0, 0.05) is 5.38 Å². The first kappa shape index (κ1) is 15.6. The molecule has 0 bridgehead atoms. The van der Waals surface area contributed by atoms with Gasteiger partial charge in [0.25, 0.3) is 5.91 Å². The van der Waals surface area contributed by atoms with Crippen molar-refractivity contribution in [3.8, 4) is 0 Å². The summed E-state index contributed by atoms with van der Waals surface area (Å²) in [7, 11) is 1.29.